The summed E-state index contributed by atoms with van der Waals surface area (Å²) in [5.74, 6) is 2.28. The molecule has 6 nitrogen and oxygen atoms in total. The van der Waals surface area contributed by atoms with E-state index in [1.54, 1.807) is 6.92 Å². The predicted octanol–water partition coefficient (Wildman–Crippen LogP) is 3.21. The summed E-state index contributed by atoms with van der Waals surface area (Å²) in [7, 11) is 0. The highest BCUT2D eigenvalue weighted by Gasteiger charge is 2.29. The SMILES string of the molecule is CC(=O)c1c(C)nn(Cc2nc(C3CC3)nn2-c2ccccc2)c1C. The van der Waals surface area contributed by atoms with E-state index in [0.29, 0.717) is 18.0 Å². The van der Waals surface area contributed by atoms with Crippen LogP contribution in [0.1, 0.15) is 59.1 Å². The zero-order valence-corrected chi connectivity index (χ0v) is 14.7. The molecule has 2 heterocycles. The van der Waals surface area contributed by atoms with Crippen molar-refractivity contribution >= 4 is 5.78 Å². The molecule has 1 fully saturated rings. The third kappa shape index (κ3) is 2.88. The molecule has 1 aliphatic rings. The van der Waals surface area contributed by atoms with Gasteiger partial charge in [0.1, 0.15) is 6.54 Å². The lowest BCUT2D eigenvalue weighted by atomic mass is 10.1. The van der Waals surface area contributed by atoms with E-state index >= 15 is 0 Å². The quantitative estimate of drug-likeness (QED) is 0.672. The predicted molar refractivity (Wildman–Crippen MR) is 94.1 cm³/mol. The summed E-state index contributed by atoms with van der Waals surface area (Å²) in [6.07, 6.45) is 2.32. The van der Waals surface area contributed by atoms with Crippen LogP contribution in [-0.4, -0.2) is 30.3 Å². The average molecular weight is 335 g/mol. The van der Waals surface area contributed by atoms with Gasteiger partial charge in [0, 0.05) is 11.6 Å². The minimum absolute atomic E-state index is 0.0458. The first-order chi connectivity index (χ1) is 12.0. The molecule has 0 N–H and O–H groups in total. The summed E-state index contributed by atoms with van der Waals surface area (Å²) in [4.78, 5) is 16.6. The standard InChI is InChI=1S/C19H21N5O/c1-12-18(14(3)25)13(2)23(21-12)11-17-20-19(15-9-10-15)22-24(17)16-7-5-4-6-8-16/h4-8,15H,9-11H2,1-3H3. The van der Waals surface area contributed by atoms with Crippen LogP contribution in [0.3, 0.4) is 0 Å². The lowest BCUT2D eigenvalue weighted by Crippen LogP contribution is -2.11. The van der Waals surface area contributed by atoms with Gasteiger partial charge in [-0.2, -0.15) is 10.2 Å². The van der Waals surface area contributed by atoms with Crippen molar-refractivity contribution in [1.29, 1.82) is 0 Å². The van der Waals surface area contributed by atoms with Gasteiger partial charge in [0.25, 0.3) is 0 Å². The second-order valence-corrected chi connectivity index (χ2v) is 6.67. The fraction of sp³-hybridized carbons (Fsp3) is 0.368. The van der Waals surface area contributed by atoms with Crippen LogP contribution in [0.5, 0.6) is 0 Å². The second-order valence-electron chi connectivity index (χ2n) is 6.67. The van der Waals surface area contributed by atoms with Gasteiger partial charge in [-0.1, -0.05) is 18.2 Å². The van der Waals surface area contributed by atoms with Crippen LogP contribution in [0.4, 0.5) is 0 Å². The molecule has 1 aliphatic carbocycles. The van der Waals surface area contributed by atoms with E-state index < -0.39 is 0 Å². The minimum Gasteiger partial charge on any atom is -0.294 e. The summed E-state index contributed by atoms with van der Waals surface area (Å²) in [6, 6.07) is 10.0. The van der Waals surface area contributed by atoms with E-state index in [1.165, 1.54) is 0 Å². The number of carbonyl (C=O) groups is 1. The van der Waals surface area contributed by atoms with Crippen LogP contribution in [-0.2, 0) is 6.54 Å². The molecule has 0 bridgehead atoms. The molecule has 2 aromatic heterocycles. The molecular weight excluding hydrogens is 314 g/mol. The first-order valence-corrected chi connectivity index (χ1v) is 8.61. The zero-order valence-electron chi connectivity index (χ0n) is 14.7. The number of aryl methyl sites for hydroxylation is 1. The highest BCUT2D eigenvalue weighted by Crippen LogP contribution is 2.38. The maximum Gasteiger partial charge on any atom is 0.163 e. The number of Topliss-reactive ketones (excluding diaryl/α,β-unsaturated/α-hetero) is 1. The Morgan fingerprint density at radius 3 is 2.48 bits per heavy atom. The maximum absolute atomic E-state index is 11.9. The molecule has 1 aromatic carbocycles. The number of carbonyl (C=O) groups excluding carboxylic acids is 1. The average Bonchev–Trinajstić information content (AvgIpc) is 3.29. The van der Waals surface area contributed by atoms with E-state index in [2.05, 4.69) is 5.10 Å². The van der Waals surface area contributed by atoms with Crippen molar-refractivity contribution in [3.8, 4) is 5.69 Å². The molecule has 4 rings (SSSR count). The summed E-state index contributed by atoms with van der Waals surface area (Å²) in [5, 5.41) is 9.28. The number of para-hydroxylation sites is 1. The Balaban J connectivity index is 1.75. The van der Waals surface area contributed by atoms with E-state index in [0.717, 1.165) is 41.6 Å². The van der Waals surface area contributed by atoms with Crippen molar-refractivity contribution < 1.29 is 4.79 Å². The Bertz CT molecular complexity index is 934. The van der Waals surface area contributed by atoms with Gasteiger partial charge in [0.15, 0.2) is 17.4 Å². The number of ketones is 1. The monoisotopic (exact) mass is 335 g/mol. The number of aromatic nitrogens is 5. The van der Waals surface area contributed by atoms with Gasteiger partial charge in [0.05, 0.1) is 16.9 Å². The normalized spacial score (nSPS) is 14.0. The number of hydrogen-bond acceptors (Lipinski definition) is 4. The molecule has 0 radical (unpaired) electrons. The minimum atomic E-state index is 0.0458. The molecule has 0 amide bonds. The van der Waals surface area contributed by atoms with Crippen molar-refractivity contribution in [3.63, 3.8) is 0 Å². The molecule has 0 atom stereocenters. The zero-order chi connectivity index (χ0) is 17.6. The Morgan fingerprint density at radius 1 is 1.16 bits per heavy atom. The molecular formula is C19H21N5O. The third-order valence-electron chi connectivity index (χ3n) is 4.66. The van der Waals surface area contributed by atoms with Crippen LogP contribution < -0.4 is 0 Å². The number of nitrogens with zero attached hydrogens (tertiary/aromatic N) is 5. The molecule has 6 heteroatoms. The fourth-order valence-corrected chi connectivity index (χ4v) is 3.25. The maximum atomic E-state index is 11.9. The van der Waals surface area contributed by atoms with Crippen molar-refractivity contribution in [2.45, 2.75) is 46.1 Å². The number of benzene rings is 1. The second kappa shape index (κ2) is 5.95. The fourth-order valence-electron chi connectivity index (χ4n) is 3.25. The molecule has 0 spiro atoms. The van der Waals surface area contributed by atoms with Gasteiger partial charge >= 0.3 is 0 Å². The Morgan fingerprint density at radius 2 is 1.88 bits per heavy atom. The lowest BCUT2D eigenvalue weighted by molar-refractivity contribution is 0.101. The highest BCUT2D eigenvalue weighted by atomic mass is 16.1. The Kier molecular flexibility index (Phi) is 3.75. The first-order valence-electron chi connectivity index (χ1n) is 8.61. The lowest BCUT2D eigenvalue weighted by Gasteiger charge is -2.07. The Labute approximate surface area is 146 Å². The van der Waals surface area contributed by atoms with Crippen LogP contribution in [0, 0.1) is 13.8 Å². The van der Waals surface area contributed by atoms with Crippen molar-refractivity contribution in [1.82, 2.24) is 24.5 Å². The van der Waals surface area contributed by atoms with E-state index in [1.807, 2.05) is 53.5 Å². The third-order valence-corrected chi connectivity index (χ3v) is 4.66. The molecule has 3 aromatic rings. The number of rotatable bonds is 5. The van der Waals surface area contributed by atoms with Crippen LogP contribution in [0.15, 0.2) is 30.3 Å². The van der Waals surface area contributed by atoms with Gasteiger partial charge in [-0.25, -0.2) is 9.67 Å². The van der Waals surface area contributed by atoms with Gasteiger partial charge in [-0.3, -0.25) is 9.48 Å². The molecule has 128 valence electrons. The van der Waals surface area contributed by atoms with E-state index in [-0.39, 0.29) is 5.78 Å². The largest absolute Gasteiger partial charge is 0.294 e. The van der Waals surface area contributed by atoms with Gasteiger partial charge in [-0.05, 0) is 45.7 Å². The van der Waals surface area contributed by atoms with Crippen molar-refractivity contribution in [2.24, 2.45) is 0 Å². The topological polar surface area (TPSA) is 65.6 Å². The van der Waals surface area contributed by atoms with Gasteiger partial charge in [0.2, 0.25) is 0 Å². The Hall–Kier alpha value is -2.76. The highest BCUT2D eigenvalue weighted by molar-refractivity contribution is 5.96. The molecule has 0 unspecified atom stereocenters. The molecule has 0 saturated heterocycles. The van der Waals surface area contributed by atoms with Crippen molar-refractivity contribution in [3.05, 3.63) is 58.9 Å². The first kappa shape index (κ1) is 15.7. The van der Waals surface area contributed by atoms with Crippen molar-refractivity contribution in [2.75, 3.05) is 0 Å². The van der Waals surface area contributed by atoms with Crippen LogP contribution in [0.25, 0.3) is 5.69 Å². The smallest absolute Gasteiger partial charge is 0.163 e. The summed E-state index contributed by atoms with van der Waals surface area (Å²) in [5.41, 5.74) is 3.33. The van der Waals surface area contributed by atoms with Gasteiger partial charge in [-0.15, -0.1) is 0 Å². The van der Waals surface area contributed by atoms with Crippen LogP contribution >= 0.6 is 0 Å². The molecule has 0 aliphatic heterocycles. The van der Waals surface area contributed by atoms with E-state index in [4.69, 9.17) is 10.1 Å². The van der Waals surface area contributed by atoms with Gasteiger partial charge < -0.3 is 0 Å². The summed E-state index contributed by atoms with van der Waals surface area (Å²) >= 11 is 0. The number of hydrogen-bond donors (Lipinski definition) is 0. The van der Waals surface area contributed by atoms with E-state index in [9.17, 15) is 4.79 Å². The summed E-state index contributed by atoms with van der Waals surface area (Å²) in [6.45, 7) is 5.88. The molecule has 1 saturated carbocycles. The van der Waals surface area contributed by atoms with Crippen LogP contribution in [0.2, 0.25) is 0 Å². The molecule has 25 heavy (non-hydrogen) atoms. The summed E-state index contributed by atoms with van der Waals surface area (Å²) < 4.78 is 3.75.